The van der Waals surface area contributed by atoms with Crippen molar-refractivity contribution in [3.05, 3.63) is 17.5 Å². The van der Waals surface area contributed by atoms with E-state index in [4.69, 9.17) is 0 Å². The van der Waals surface area contributed by atoms with Crippen LogP contribution in [-0.2, 0) is 4.79 Å². The van der Waals surface area contributed by atoms with E-state index in [2.05, 4.69) is 14.9 Å². The fraction of sp³-hybridized carbons (Fsp3) is 0.643. The number of aromatic nitrogens is 2. The van der Waals surface area contributed by atoms with Crippen molar-refractivity contribution in [2.24, 2.45) is 5.92 Å². The summed E-state index contributed by atoms with van der Waals surface area (Å²) >= 11 is 0. The summed E-state index contributed by atoms with van der Waals surface area (Å²) in [5, 5.41) is 0. The van der Waals surface area contributed by atoms with Crippen LogP contribution in [0.1, 0.15) is 24.2 Å². The number of carbonyl (C=O) groups is 1. The molecule has 1 atom stereocenters. The Morgan fingerprint density at radius 3 is 2.53 bits per heavy atom. The summed E-state index contributed by atoms with van der Waals surface area (Å²) in [6.07, 6.45) is 1.97. The highest BCUT2D eigenvalue weighted by molar-refractivity contribution is 5.79. The van der Waals surface area contributed by atoms with Gasteiger partial charge < -0.3 is 9.80 Å². The quantitative estimate of drug-likeness (QED) is 0.808. The molecular weight excluding hydrogens is 240 g/mol. The van der Waals surface area contributed by atoms with E-state index in [-0.39, 0.29) is 11.8 Å². The highest BCUT2D eigenvalue weighted by Gasteiger charge is 2.28. The molecule has 2 heterocycles. The van der Waals surface area contributed by atoms with Crippen LogP contribution in [0, 0.1) is 19.8 Å². The molecule has 104 valence electrons. The Labute approximate surface area is 114 Å². The third kappa shape index (κ3) is 3.22. The van der Waals surface area contributed by atoms with Crippen molar-refractivity contribution < 1.29 is 4.79 Å². The first-order valence-electron chi connectivity index (χ1n) is 6.76. The number of aryl methyl sites for hydroxylation is 2. The zero-order valence-corrected chi connectivity index (χ0v) is 12.2. The van der Waals surface area contributed by atoms with Gasteiger partial charge in [0.15, 0.2) is 0 Å². The first-order chi connectivity index (χ1) is 8.97. The van der Waals surface area contributed by atoms with Gasteiger partial charge in [0.2, 0.25) is 11.9 Å². The molecule has 0 saturated carbocycles. The van der Waals surface area contributed by atoms with Gasteiger partial charge in [-0.3, -0.25) is 4.79 Å². The van der Waals surface area contributed by atoms with Crippen LogP contribution in [0.15, 0.2) is 6.07 Å². The average Bonchev–Trinajstić information content (AvgIpc) is 2.36. The van der Waals surface area contributed by atoms with E-state index in [1.165, 1.54) is 0 Å². The number of anilines is 1. The van der Waals surface area contributed by atoms with Crippen molar-refractivity contribution in [3.63, 3.8) is 0 Å². The molecular formula is C14H22N4O. The summed E-state index contributed by atoms with van der Waals surface area (Å²) in [6.45, 7) is 5.61. The van der Waals surface area contributed by atoms with E-state index in [0.29, 0.717) is 0 Å². The maximum atomic E-state index is 12.1. The largest absolute Gasteiger partial charge is 0.349 e. The summed E-state index contributed by atoms with van der Waals surface area (Å²) in [5.41, 5.74) is 1.95. The molecule has 1 unspecified atom stereocenters. The summed E-state index contributed by atoms with van der Waals surface area (Å²) in [4.78, 5) is 24.9. The number of nitrogens with zero attached hydrogens (tertiary/aromatic N) is 4. The highest BCUT2D eigenvalue weighted by atomic mass is 16.2. The molecule has 1 aromatic rings. The molecule has 0 radical (unpaired) electrons. The topological polar surface area (TPSA) is 49.3 Å². The molecule has 1 saturated heterocycles. The number of amides is 1. The summed E-state index contributed by atoms with van der Waals surface area (Å²) in [6, 6.07) is 1.97. The number of rotatable bonds is 2. The number of hydrogen-bond donors (Lipinski definition) is 0. The van der Waals surface area contributed by atoms with E-state index < -0.39 is 0 Å². The third-order valence-electron chi connectivity index (χ3n) is 3.46. The smallest absolute Gasteiger partial charge is 0.226 e. The number of carbonyl (C=O) groups excluding carboxylic acids is 1. The van der Waals surface area contributed by atoms with Gasteiger partial charge in [-0.25, -0.2) is 9.97 Å². The van der Waals surface area contributed by atoms with Gasteiger partial charge in [-0.2, -0.15) is 0 Å². The van der Waals surface area contributed by atoms with E-state index in [1.807, 2.05) is 34.0 Å². The second-order valence-electron chi connectivity index (χ2n) is 5.47. The monoisotopic (exact) mass is 262 g/mol. The molecule has 19 heavy (non-hydrogen) atoms. The van der Waals surface area contributed by atoms with Crippen LogP contribution in [0.3, 0.4) is 0 Å². The lowest BCUT2D eigenvalue weighted by Gasteiger charge is -2.33. The normalized spacial score (nSPS) is 19.4. The highest BCUT2D eigenvalue weighted by Crippen LogP contribution is 2.22. The molecule has 2 rings (SSSR count). The molecule has 1 aliphatic rings. The zero-order chi connectivity index (χ0) is 14.0. The second kappa shape index (κ2) is 5.55. The van der Waals surface area contributed by atoms with Gasteiger partial charge in [0.25, 0.3) is 0 Å². The maximum absolute atomic E-state index is 12.1. The lowest BCUT2D eigenvalue weighted by atomic mass is 9.97. The fourth-order valence-electron chi connectivity index (χ4n) is 2.57. The Kier molecular flexibility index (Phi) is 4.02. The molecule has 0 N–H and O–H groups in total. The van der Waals surface area contributed by atoms with E-state index >= 15 is 0 Å². The Morgan fingerprint density at radius 1 is 1.32 bits per heavy atom. The lowest BCUT2D eigenvalue weighted by molar-refractivity contribution is -0.133. The average molecular weight is 262 g/mol. The van der Waals surface area contributed by atoms with Crippen LogP contribution in [0.4, 0.5) is 5.95 Å². The molecule has 0 spiro atoms. The molecule has 0 bridgehead atoms. The van der Waals surface area contributed by atoms with Gasteiger partial charge in [0.1, 0.15) is 0 Å². The number of hydrogen-bond acceptors (Lipinski definition) is 4. The van der Waals surface area contributed by atoms with Crippen LogP contribution >= 0.6 is 0 Å². The first kappa shape index (κ1) is 13.8. The first-order valence-corrected chi connectivity index (χ1v) is 6.76. The minimum Gasteiger partial charge on any atom is -0.349 e. The molecule has 5 nitrogen and oxygen atoms in total. The van der Waals surface area contributed by atoms with Crippen LogP contribution < -0.4 is 4.90 Å². The zero-order valence-electron chi connectivity index (χ0n) is 12.2. The van der Waals surface area contributed by atoms with Gasteiger partial charge in [0, 0.05) is 38.6 Å². The maximum Gasteiger partial charge on any atom is 0.226 e. The van der Waals surface area contributed by atoms with Crippen molar-refractivity contribution in [1.82, 2.24) is 14.9 Å². The van der Waals surface area contributed by atoms with E-state index in [9.17, 15) is 4.79 Å². The predicted octanol–water partition coefficient (Wildman–Crippen LogP) is 1.40. The molecule has 1 fully saturated rings. The van der Waals surface area contributed by atoms with Crippen molar-refractivity contribution in [2.45, 2.75) is 26.7 Å². The van der Waals surface area contributed by atoms with Gasteiger partial charge in [-0.15, -0.1) is 0 Å². The minimum atomic E-state index is 0.0631. The molecule has 1 aliphatic heterocycles. The van der Waals surface area contributed by atoms with Crippen molar-refractivity contribution in [2.75, 3.05) is 32.1 Å². The molecule has 0 aromatic carbocycles. The summed E-state index contributed by atoms with van der Waals surface area (Å²) < 4.78 is 0. The van der Waals surface area contributed by atoms with Gasteiger partial charge in [-0.1, -0.05) is 0 Å². The molecule has 1 amide bonds. The van der Waals surface area contributed by atoms with Crippen molar-refractivity contribution in [1.29, 1.82) is 0 Å². The van der Waals surface area contributed by atoms with E-state index in [0.717, 1.165) is 43.3 Å². The Balaban J connectivity index is 2.14. The van der Waals surface area contributed by atoms with Crippen LogP contribution in [0.25, 0.3) is 0 Å². The third-order valence-corrected chi connectivity index (χ3v) is 3.46. The Hall–Kier alpha value is -1.65. The fourth-order valence-corrected chi connectivity index (χ4v) is 2.57. The molecule has 0 aliphatic carbocycles. The summed E-state index contributed by atoms with van der Waals surface area (Å²) in [7, 11) is 3.63. The van der Waals surface area contributed by atoms with Crippen molar-refractivity contribution in [3.8, 4) is 0 Å². The molecule has 1 aromatic heterocycles. The van der Waals surface area contributed by atoms with Gasteiger partial charge in [-0.05, 0) is 32.8 Å². The van der Waals surface area contributed by atoms with E-state index in [1.54, 1.807) is 4.90 Å². The van der Waals surface area contributed by atoms with Crippen LogP contribution in [0.5, 0.6) is 0 Å². The lowest BCUT2D eigenvalue weighted by Crippen LogP contribution is -2.43. The second-order valence-corrected chi connectivity index (χ2v) is 5.47. The van der Waals surface area contributed by atoms with Gasteiger partial charge >= 0.3 is 0 Å². The molecule has 5 heteroatoms. The van der Waals surface area contributed by atoms with Crippen LogP contribution in [-0.4, -0.2) is 48.0 Å². The minimum absolute atomic E-state index is 0.0631. The van der Waals surface area contributed by atoms with Gasteiger partial charge in [0.05, 0.1) is 5.92 Å². The Morgan fingerprint density at radius 2 is 1.95 bits per heavy atom. The summed E-state index contributed by atoms with van der Waals surface area (Å²) in [5.74, 6) is 1.02. The predicted molar refractivity (Wildman–Crippen MR) is 75.1 cm³/mol. The number of piperidine rings is 1. The standard InChI is InChI=1S/C14H22N4O/c1-10-8-11(2)16-14(15-10)18-7-5-6-12(9-18)13(19)17(3)4/h8,12H,5-7,9H2,1-4H3. The van der Waals surface area contributed by atoms with Crippen molar-refractivity contribution >= 4 is 11.9 Å². The Bertz CT molecular complexity index is 452. The van der Waals surface area contributed by atoms with Crippen LogP contribution in [0.2, 0.25) is 0 Å². The SMILES string of the molecule is Cc1cc(C)nc(N2CCCC(C(=O)N(C)C)C2)n1.